The summed E-state index contributed by atoms with van der Waals surface area (Å²) in [5.41, 5.74) is 2.08. The minimum atomic E-state index is -0.440. The number of aromatic nitrogens is 5. The molecule has 0 aliphatic heterocycles. The summed E-state index contributed by atoms with van der Waals surface area (Å²) in [6.07, 6.45) is 6.88. The first-order chi connectivity index (χ1) is 14.6. The lowest BCUT2D eigenvalue weighted by atomic mass is 10.2. The van der Waals surface area contributed by atoms with Crippen LogP contribution in [0.1, 0.15) is 5.69 Å². The van der Waals surface area contributed by atoms with Gasteiger partial charge in [0.15, 0.2) is 5.82 Å². The first-order valence-electron chi connectivity index (χ1n) is 8.84. The summed E-state index contributed by atoms with van der Waals surface area (Å²) in [4.78, 5) is 32.2. The van der Waals surface area contributed by atoms with Crippen LogP contribution in [0.2, 0.25) is 0 Å². The van der Waals surface area contributed by atoms with E-state index < -0.39 is 4.92 Å². The van der Waals surface area contributed by atoms with E-state index in [4.69, 9.17) is 0 Å². The molecule has 146 valence electrons. The molecule has 4 aromatic heterocycles. The minimum absolute atomic E-state index is 0.0221. The third-order valence-corrected chi connectivity index (χ3v) is 5.48. The summed E-state index contributed by atoms with van der Waals surface area (Å²) in [5, 5.41) is 15.2. The zero-order valence-corrected chi connectivity index (χ0v) is 16.1. The topological polar surface area (TPSA) is 108 Å². The molecule has 1 aromatic carbocycles. The number of nitro groups is 1. The Hall–Kier alpha value is -4.18. The number of non-ortho nitro benzene ring substituents is 1. The van der Waals surface area contributed by atoms with Crippen LogP contribution >= 0.6 is 11.3 Å². The highest BCUT2D eigenvalue weighted by molar-refractivity contribution is 7.15. The number of rotatable bonds is 4. The molecule has 0 atom stereocenters. The molecule has 0 aliphatic rings. The normalized spacial score (nSPS) is 11.9. The predicted molar refractivity (Wildman–Crippen MR) is 112 cm³/mol. The fourth-order valence-electron chi connectivity index (χ4n) is 3.07. The third-order valence-electron chi connectivity index (χ3n) is 4.52. The summed E-state index contributed by atoms with van der Waals surface area (Å²) in [5.74, 6) is 0.474. The molecular formula is C20H12N6O3S. The minimum Gasteiger partial charge on any atom is -0.317 e. The van der Waals surface area contributed by atoms with Gasteiger partial charge in [-0.15, -0.1) is 5.10 Å². The lowest BCUT2D eigenvalue weighted by Crippen LogP contribution is -2.24. The van der Waals surface area contributed by atoms with E-state index in [1.807, 2.05) is 22.9 Å². The van der Waals surface area contributed by atoms with Crippen LogP contribution in [0.25, 0.3) is 28.1 Å². The van der Waals surface area contributed by atoms with E-state index in [0.717, 1.165) is 16.9 Å². The lowest BCUT2D eigenvalue weighted by Gasteiger charge is -2.05. The van der Waals surface area contributed by atoms with Gasteiger partial charge >= 0.3 is 0 Å². The predicted octanol–water partition coefficient (Wildman–Crippen LogP) is 2.46. The van der Waals surface area contributed by atoms with Crippen LogP contribution in [0.3, 0.4) is 0 Å². The van der Waals surface area contributed by atoms with Crippen LogP contribution in [-0.2, 0) is 0 Å². The van der Waals surface area contributed by atoms with Crippen molar-refractivity contribution >= 4 is 28.1 Å². The second-order valence-corrected chi connectivity index (χ2v) is 7.37. The van der Waals surface area contributed by atoms with Crippen molar-refractivity contribution in [1.82, 2.24) is 24.1 Å². The van der Waals surface area contributed by atoms with Gasteiger partial charge in [-0.2, -0.15) is 9.50 Å². The van der Waals surface area contributed by atoms with Gasteiger partial charge in [-0.3, -0.25) is 19.9 Å². The van der Waals surface area contributed by atoms with E-state index in [2.05, 4.69) is 15.1 Å². The number of nitrogens with zero attached hydrogens (tertiary/aromatic N) is 6. The number of hydrogen-bond donors (Lipinski definition) is 0. The van der Waals surface area contributed by atoms with Crippen molar-refractivity contribution < 1.29 is 4.92 Å². The molecule has 5 rings (SSSR count). The molecule has 0 bridgehead atoms. The zero-order valence-electron chi connectivity index (χ0n) is 15.2. The molecular weight excluding hydrogens is 404 g/mol. The molecule has 0 radical (unpaired) electrons. The summed E-state index contributed by atoms with van der Waals surface area (Å²) in [6, 6.07) is 13.5. The second-order valence-electron chi connectivity index (χ2n) is 6.36. The fourth-order valence-corrected chi connectivity index (χ4v) is 3.97. The van der Waals surface area contributed by atoms with E-state index in [1.165, 1.54) is 28.0 Å². The average Bonchev–Trinajstić information content (AvgIpc) is 3.46. The van der Waals surface area contributed by atoms with Crippen LogP contribution in [0.4, 0.5) is 5.69 Å². The van der Waals surface area contributed by atoms with Crippen molar-refractivity contribution in [2.24, 2.45) is 0 Å². The molecule has 5 aromatic rings. The number of hydrogen-bond acceptors (Lipinski definition) is 7. The Morgan fingerprint density at radius 3 is 2.53 bits per heavy atom. The van der Waals surface area contributed by atoms with Gasteiger partial charge in [-0.25, -0.2) is 0 Å². The first-order valence-corrected chi connectivity index (χ1v) is 9.66. The second kappa shape index (κ2) is 7.01. The van der Waals surface area contributed by atoms with E-state index >= 15 is 0 Å². The number of benzene rings is 1. The third kappa shape index (κ3) is 3.05. The van der Waals surface area contributed by atoms with Crippen LogP contribution in [0.15, 0.2) is 71.9 Å². The maximum atomic E-state index is 12.8. The summed E-state index contributed by atoms with van der Waals surface area (Å²) in [6.45, 7) is 0. The molecule has 0 amide bonds. The molecule has 0 unspecified atom stereocenters. The molecule has 4 heterocycles. The molecule has 0 fully saturated rings. The Morgan fingerprint density at radius 1 is 1.07 bits per heavy atom. The van der Waals surface area contributed by atoms with Crippen LogP contribution in [0, 0.1) is 10.1 Å². The zero-order chi connectivity index (χ0) is 20.7. The molecule has 0 saturated carbocycles. The smallest absolute Gasteiger partial charge is 0.291 e. The van der Waals surface area contributed by atoms with Gasteiger partial charge < -0.3 is 4.57 Å². The van der Waals surface area contributed by atoms with Crippen molar-refractivity contribution in [2.75, 3.05) is 0 Å². The van der Waals surface area contributed by atoms with Gasteiger partial charge in [0, 0.05) is 47.7 Å². The van der Waals surface area contributed by atoms with E-state index in [0.29, 0.717) is 15.3 Å². The number of thiazole rings is 1. The SMILES string of the molecule is O=c1c(=Cc2cccn2-c2ccc([N+](=O)[O-])cc2)sc2nc(-c3ccncc3)nn12. The molecule has 30 heavy (non-hydrogen) atoms. The highest BCUT2D eigenvalue weighted by Crippen LogP contribution is 2.18. The molecule has 9 nitrogen and oxygen atoms in total. The summed E-state index contributed by atoms with van der Waals surface area (Å²) >= 11 is 1.25. The van der Waals surface area contributed by atoms with Crippen molar-refractivity contribution in [1.29, 1.82) is 0 Å². The number of pyridine rings is 1. The Balaban J connectivity index is 1.55. The molecule has 0 spiro atoms. The van der Waals surface area contributed by atoms with E-state index in [1.54, 1.807) is 42.7 Å². The van der Waals surface area contributed by atoms with Gasteiger partial charge in [0.2, 0.25) is 4.96 Å². The molecule has 0 N–H and O–H groups in total. The Kier molecular flexibility index (Phi) is 4.18. The van der Waals surface area contributed by atoms with E-state index in [-0.39, 0.29) is 11.2 Å². The van der Waals surface area contributed by atoms with Gasteiger partial charge in [-0.05, 0) is 42.5 Å². The van der Waals surface area contributed by atoms with Gasteiger partial charge in [-0.1, -0.05) is 11.3 Å². The van der Waals surface area contributed by atoms with Gasteiger partial charge in [0.1, 0.15) is 4.53 Å². The Labute approximate surface area is 172 Å². The largest absolute Gasteiger partial charge is 0.317 e. The number of nitro benzene ring substituents is 1. The lowest BCUT2D eigenvalue weighted by molar-refractivity contribution is -0.384. The maximum absolute atomic E-state index is 12.8. The van der Waals surface area contributed by atoms with Crippen molar-refractivity contribution in [3.05, 3.63) is 97.8 Å². The van der Waals surface area contributed by atoms with Gasteiger partial charge in [0.25, 0.3) is 11.2 Å². The summed E-state index contributed by atoms with van der Waals surface area (Å²) < 4.78 is 3.64. The number of fused-ring (bicyclic) bond motifs is 1. The van der Waals surface area contributed by atoms with E-state index in [9.17, 15) is 14.9 Å². The monoisotopic (exact) mass is 416 g/mol. The maximum Gasteiger partial charge on any atom is 0.291 e. The first kappa shape index (κ1) is 17.9. The average molecular weight is 416 g/mol. The van der Waals surface area contributed by atoms with Crippen LogP contribution in [-0.4, -0.2) is 29.1 Å². The van der Waals surface area contributed by atoms with Crippen molar-refractivity contribution in [3.8, 4) is 17.1 Å². The molecule has 10 heteroatoms. The Bertz CT molecular complexity index is 1490. The highest BCUT2D eigenvalue weighted by atomic mass is 32.1. The fraction of sp³-hybridized carbons (Fsp3) is 0. The van der Waals surface area contributed by atoms with Crippen molar-refractivity contribution in [2.45, 2.75) is 0 Å². The Morgan fingerprint density at radius 2 is 1.83 bits per heavy atom. The van der Waals surface area contributed by atoms with Crippen LogP contribution < -0.4 is 10.1 Å². The van der Waals surface area contributed by atoms with Crippen LogP contribution in [0.5, 0.6) is 0 Å². The van der Waals surface area contributed by atoms with Gasteiger partial charge in [0.05, 0.1) is 4.92 Å². The molecule has 0 saturated heterocycles. The molecule has 0 aliphatic carbocycles. The van der Waals surface area contributed by atoms with Crippen molar-refractivity contribution in [3.63, 3.8) is 0 Å². The standard InChI is InChI=1S/C20H12N6O3S/c27-19-17(30-20-22-18(23-25(19)20)13-7-9-21-10-8-13)12-16-2-1-11-24(16)14-3-5-15(6-4-14)26(28)29/h1-12H. The highest BCUT2D eigenvalue weighted by Gasteiger charge is 2.12. The summed E-state index contributed by atoms with van der Waals surface area (Å²) in [7, 11) is 0. The quantitative estimate of drug-likeness (QED) is 0.329.